The van der Waals surface area contributed by atoms with Gasteiger partial charge in [-0.2, -0.15) is 0 Å². The standard InChI is InChI=1S/C17H14BrNO2S2/c18-13-6-7-14(21-10-11-4-2-1-3-5-11)12(8-13)9-15-16(20)19-17(22)23-15/h1-8,15H,9-10H2,(H,19,20,22). The fourth-order valence-corrected chi connectivity index (χ4v) is 4.02. The number of nitrogens with one attached hydrogen (secondary N) is 1. The zero-order chi connectivity index (χ0) is 16.2. The Labute approximate surface area is 152 Å². The number of hydrogen-bond donors (Lipinski definition) is 1. The third-order valence-electron chi connectivity index (χ3n) is 3.43. The molecule has 1 heterocycles. The molecule has 1 atom stereocenters. The van der Waals surface area contributed by atoms with E-state index in [2.05, 4.69) is 21.2 Å². The number of benzene rings is 2. The predicted octanol–water partition coefficient (Wildman–Crippen LogP) is 4.09. The second kappa shape index (κ2) is 7.47. The molecule has 2 aromatic carbocycles. The van der Waals surface area contributed by atoms with E-state index < -0.39 is 0 Å². The van der Waals surface area contributed by atoms with Crippen LogP contribution in [-0.2, 0) is 17.8 Å². The Morgan fingerprint density at radius 1 is 1.22 bits per heavy atom. The second-order valence-corrected chi connectivity index (χ2v) is 7.91. The molecule has 0 radical (unpaired) electrons. The first-order valence-corrected chi connectivity index (χ1v) is 9.16. The van der Waals surface area contributed by atoms with Gasteiger partial charge < -0.3 is 10.1 Å². The summed E-state index contributed by atoms with van der Waals surface area (Å²) >= 11 is 9.93. The van der Waals surface area contributed by atoms with Gasteiger partial charge in [-0.25, -0.2) is 0 Å². The second-order valence-electron chi connectivity index (χ2n) is 5.11. The molecule has 1 N–H and O–H groups in total. The number of carbonyl (C=O) groups is 1. The number of thiocarbonyl (C=S) groups is 1. The Kier molecular flexibility index (Phi) is 5.35. The number of ether oxygens (including phenoxy) is 1. The summed E-state index contributed by atoms with van der Waals surface area (Å²) in [5.41, 5.74) is 2.10. The van der Waals surface area contributed by atoms with Crippen LogP contribution in [0.5, 0.6) is 5.75 Å². The summed E-state index contributed by atoms with van der Waals surface area (Å²) < 4.78 is 7.46. The van der Waals surface area contributed by atoms with Crippen LogP contribution in [0.3, 0.4) is 0 Å². The first-order valence-electron chi connectivity index (χ1n) is 7.08. The molecule has 0 aromatic heterocycles. The van der Waals surface area contributed by atoms with E-state index in [4.69, 9.17) is 17.0 Å². The Morgan fingerprint density at radius 3 is 2.70 bits per heavy atom. The molecular weight excluding hydrogens is 394 g/mol. The highest BCUT2D eigenvalue weighted by Gasteiger charge is 2.30. The molecule has 1 aliphatic rings. The summed E-state index contributed by atoms with van der Waals surface area (Å²) in [6, 6.07) is 15.9. The van der Waals surface area contributed by atoms with Gasteiger partial charge in [-0.3, -0.25) is 4.79 Å². The van der Waals surface area contributed by atoms with Crippen LogP contribution in [0, 0.1) is 0 Å². The molecule has 1 aliphatic heterocycles. The summed E-state index contributed by atoms with van der Waals surface area (Å²) in [7, 11) is 0. The molecule has 0 spiro atoms. The fourth-order valence-electron chi connectivity index (χ4n) is 2.31. The van der Waals surface area contributed by atoms with Crippen LogP contribution >= 0.6 is 39.9 Å². The van der Waals surface area contributed by atoms with Gasteiger partial charge in [0.25, 0.3) is 0 Å². The smallest absolute Gasteiger partial charge is 0.239 e. The molecule has 1 saturated heterocycles. The van der Waals surface area contributed by atoms with Gasteiger partial charge in [0.15, 0.2) is 0 Å². The summed E-state index contributed by atoms with van der Waals surface area (Å²) in [5, 5.41) is 2.48. The Bertz CT molecular complexity index is 737. The van der Waals surface area contributed by atoms with E-state index in [1.165, 1.54) is 11.8 Å². The topological polar surface area (TPSA) is 38.3 Å². The van der Waals surface area contributed by atoms with Crippen LogP contribution in [-0.4, -0.2) is 15.5 Å². The van der Waals surface area contributed by atoms with Crippen LogP contribution in [0.1, 0.15) is 11.1 Å². The third kappa shape index (κ3) is 4.34. The number of carbonyl (C=O) groups excluding carboxylic acids is 1. The van der Waals surface area contributed by atoms with E-state index in [-0.39, 0.29) is 11.2 Å². The highest BCUT2D eigenvalue weighted by molar-refractivity contribution is 9.10. The van der Waals surface area contributed by atoms with Crippen molar-refractivity contribution in [3.63, 3.8) is 0 Å². The molecule has 3 nitrogen and oxygen atoms in total. The Morgan fingerprint density at radius 2 is 2.00 bits per heavy atom. The molecule has 23 heavy (non-hydrogen) atoms. The molecule has 1 unspecified atom stereocenters. The van der Waals surface area contributed by atoms with Gasteiger partial charge in [0.1, 0.15) is 16.7 Å². The number of halogens is 1. The zero-order valence-corrected chi connectivity index (χ0v) is 15.3. The van der Waals surface area contributed by atoms with Gasteiger partial charge in [-0.05, 0) is 35.7 Å². The molecule has 2 aromatic rings. The van der Waals surface area contributed by atoms with Gasteiger partial charge in [0.05, 0.1) is 5.25 Å². The maximum Gasteiger partial charge on any atom is 0.239 e. The van der Waals surface area contributed by atoms with Crippen molar-refractivity contribution in [2.24, 2.45) is 0 Å². The van der Waals surface area contributed by atoms with Crippen molar-refractivity contribution >= 4 is 50.1 Å². The van der Waals surface area contributed by atoms with E-state index in [0.29, 0.717) is 17.3 Å². The zero-order valence-electron chi connectivity index (χ0n) is 12.1. The lowest BCUT2D eigenvalue weighted by molar-refractivity contribution is -0.118. The van der Waals surface area contributed by atoms with Gasteiger partial charge in [-0.15, -0.1) is 0 Å². The van der Waals surface area contributed by atoms with Crippen molar-refractivity contribution in [3.05, 3.63) is 64.1 Å². The maximum absolute atomic E-state index is 11.9. The average molecular weight is 408 g/mol. The van der Waals surface area contributed by atoms with Crippen molar-refractivity contribution in [2.45, 2.75) is 18.3 Å². The molecule has 0 saturated carbocycles. The number of rotatable bonds is 5. The minimum atomic E-state index is -0.198. The number of hydrogen-bond acceptors (Lipinski definition) is 4. The molecule has 1 fully saturated rings. The monoisotopic (exact) mass is 407 g/mol. The van der Waals surface area contributed by atoms with Crippen LogP contribution < -0.4 is 10.1 Å². The summed E-state index contributed by atoms with van der Waals surface area (Å²) in [6.45, 7) is 0.498. The number of amides is 1. The van der Waals surface area contributed by atoms with E-state index in [0.717, 1.165) is 21.3 Å². The van der Waals surface area contributed by atoms with Crippen molar-refractivity contribution < 1.29 is 9.53 Å². The summed E-state index contributed by atoms with van der Waals surface area (Å²) in [6.07, 6.45) is 0.584. The third-order valence-corrected chi connectivity index (χ3v) is 5.30. The lowest BCUT2D eigenvalue weighted by Gasteiger charge is -2.14. The highest BCUT2D eigenvalue weighted by atomic mass is 79.9. The quantitative estimate of drug-likeness (QED) is 0.757. The van der Waals surface area contributed by atoms with Gasteiger partial charge in [-0.1, -0.05) is 70.2 Å². The average Bonchev–Trinajstić information content (AvgIpc) is 2.85. The number of thioether (sulfide) groups is 1. The molecule has 0 aliphatic carbocycles. The minimum absolute atomic E-state index is 0.0333. The molecular formula is C17H14BrNO2S2. The molecule has 1 amide bonds. The first-order chi connectivity index (χ1) is 11.1. The first kappa shape index (κ1) is 16.5. The Balaban J connectivity index is 1.75. The molecule has 0 bridgehead atoms. The Hall–Kier alpha value is -1.37. The fraction of sp³-hybridized carbons (Fsp3) is 0.176. The minimum Gasteiger partial charge on any atom is -0.489 e. The molecule has 3 rings (SSSR count). The van der Waals surface area contributed by atoms with Crippen molar-refractivity contribution in [1.29, 1.82) is 0 Å². The lowest BCUT2D eigenvalue weighted by atomic mass is 10.1. The van der Waals surface area contributed by atoms with E-state index in [1.807, 2.05) is 48.5 Å². The van der Waals surface area contributed by atoms with Crippen LogP contribution in [0.4, 0.5) is 0 Å². The van der Waals surface area contributed by atoms with Crippen molar-refractivity contribution in [3.8, 4) is 5.75 Å². The SMILES string of the molecule is O=C1NC(=S)SC1Cc1cc(Br)ccc1OCc1ccccc1. The molecule has 6 heteroatoms. The van der Waals surface area contributed by atoms with Crippen molar-refractivity contribution in [1.82, 2.24) is 5.32 Å². The van der Waals surface area contributed by atoms with E-state index in [9.17, 15) is 4.79 Å². The normalized spacial score (nSPS) is 17.2. The summed E-state index contributed by atoms with van der Waals surface area (Å²) in [5.74, 6) is 0.761. The van der Waals surface area contributed by atoms with E-state index >= 15 is 0 Å². The maximum atomic E-state index is 11.9. The lowest BCUT2D eigenvalue weighted by Crippen LogP contribution is -2.25. The predicted molar refractivity (Wildman–Crippen MR) is 101 cm³/mol. The van der Waals surface area contributed by atoms with Crippen LogP contribution in [0.15, 0.2) is 53.0 Å². The van der Waals surface area contributed by atoms with Crippen molar-refractivity contribution in [2.75, 3.05) is 0 Å². The van der Waals surface area contributed by atoms with Crippen LogP contribution in [0.2, 0.25) is 0 Å². The highest BCUT2D eigenvalue weighted by Crippen LogP contribution is 2.30. The molecule has 118 valence electrons. The summed E-state index contributed by atoms with van der Waals surface area (Å²) in [4.78, 5) is 11.9. The van der Waals surface area contributed by atoms with Gasteiger partial charge in [0.2, 0.25) is 5.91 Å². The van der Waals surface area contributed by atoms with E-state index in [1.54, 1.807) is 0 Å². The van der Waals surface area contributed by atoms with Crippen LogP contribution in [0.25, 0.3) is 0 Å². The van der Waals surface area contributed by atoms with Gasteiger partial charge >= 0.3 is 0 Å². The van der Waals surface area contributed by atoms with Gasteiger partial charge in [0, 0.05) is 4.47 Å². The largest absolute Gasteiger partial charge is 0.489 e.